The Labute approximate surface area is 126 Å². The van der Waals surface area contributed by atoms with Crippen LogP contribution < -0.4 is 4.74 Å². The van der Waals surface area contributed by atoms with Gasteiger partial charge in [-0.15, -0.1) is 0 Å². The molecule has 1 atom stereocenters. The van der Waals surface area contributed by atoms with E-state index in [1.165, 1.54) is 0 Å². The van der Waals surface area contributed by atoms with Gasteiger partial charge in [0.25, 0.3) is 5.91 Å². The van der Waals surface area contributed by atoms with Gasteiger partial charge in [-0.05, 0) is 46.8 Å². The van der Waals surface area contributed by atoms with Crippen molar-refractivity contribution in [2.45, 2.75) is 52.4 Å². The summed E-state index contributed by atoms with van der Waals surface area (Å²) in [5, 5.41) is 0. The molecule has 0 bridgehead atoms. The zero-order valence-corrected chi connectivity index (χ0v) is 13.4. The van der Waals surface area contributed by atoms with Crippen LogP contribution in [0.25, 0.3) is 0 Å². The van der Waals surface area contributed by atoms with Crippen molar-refractivity contribution in [3.05, 3.63) is 24.0 Å². The molecule has 2 rings (SSSR count). The minimum atomic E-state index is -0.325. The number of carbonyl (C=O) groups is 1. The number of ether oxygens (including phenoxy) is 2. The summed E-state index contributed by atoms with van der Waals surface area (Å²) in [4.78, 5) is 18.6. The van der Waals surface area contributed by atoms with Gasteiger partial charge in [0, 0.05) is 13.1 Å². The van der Waals surface area contributed by atoms with Crippen LogP contribution >= 0.6 is 0 Å². The van der Waals surface area contributed by atoms with Crippen molar-refractivity contribution in [2.24, 2.45) is 0 Å². The van der Waals surface area contributed by atoms with Crippen molar-refractivity contribution in [1.29, 1.82) is 0 Å². The zero-order valence-electron chi connectivity index (χ0n) is 13.4. The highest BCUT2D eigenvalue weighted by molar-refractivity contribution is 5.92. The second kappa shape index (κ2) is 6.02. The van der Waals surface area contributed by atoms with Gasteiger partial charge in [0.2, 0.25) is 0 Å². The van der Waals surface area contributed by atoms with Crippen LogP contribution in [0.4, 0.5) is 0 Å². The monoisotopic (exact) mass is 292 g/mol. The smallest absolute Gasteiger partial charge is 0.272 e. The van der Waals surface area contributed by atoms with E-state index in [1.54, 1.807) is 23.2 Å². The summed E-state index contributed by atoms with van der Waals surface area (Å²) in [5.74, 6) is 0.617. The van der Waals surface area contributed by atoms with E-state index in [0.29, 0.717) is 24.5 Å². The van der Waals surface area contributed by atoms with Gasteiger partial charge < -0.3 is 14.4 Å². The molecule has 1 aromatic heterocycles. The Balaban J connectivity index is 2.09. The van der Waals surface area contributed by atoms with Crippen molar-refractivity contribution >= 4 is 5.91 Å². The lowest BCUT2D eigenvalue weighted by Crippen LogP contribution is -2.53. The summed E-state index contributed by atoms with van der Waals surface area (Å²) in [6.45, 7) is 11.0. The van der Waals surface area contributed by atoms with E-state index in [4.69, 9.17) is 9.47 Å². The Kier molecular flexibility index (Phi) is 4.52. The van der Waals surface area contributed by atoms with Gasteiger partial charge in [0.1, 0.15) is 11.4 Å². The van der Waals surface area contributed by atoms with Gasteiger partial charge in [-0.2, -0.15) is 0 Å². The molecule has 0 aliphatic carbocycles. The van der Waals surface area contributed by atoms with E-state index in [1.807, 2.05) is 34.6 Å². The highest BCUT2D eigenvalue weighted by Crippen LogP contribution is 2.22. The molecule has 1 aliphatic heterocycles. The molecule has 1 amide bonds. The van der Waals surface area contributed by atoms with E-state index in [9.17, 15) is 4.79 Å². The summed E-state index contributed by atoms with van der Waals surface area (Å²) >= 11 is 0. The molecule has 1 fully saturated rings. The number of carbonyl (C=O) groups excluding carboxylic acids is 1. The van der Waals surface area contributed by atoms with Crippen molar-refractivity contribution in [1.82, 2.24) is 9.88 Å². The number of morpholine rings is 1. The van der Waals surface area contributed by atoms with Gasteiger partial charge in [-0.3, -0.25) is 4.79 Å². The summed E-state index contributed by atoms with van der Waals surface area (Å²) < 4.78 is 11.4. The van der Waals surface area contributed by atoms with Crippen LogP contribution in [0.5, 0.6) is 5.75 Å². The maximum absolute atomic E-state index is 12.5. The number of rotatable bonds is 3. The van der Waals surface area contributed by atoms with Crippen LogP contribution in [0.3, 0.4) is 0 Å². The lowest BCUT2D eigenvalue weighted by Gasteiger charge is -2.41. The lowest BCUT2D eigenvalue weighted by atomic mass is 10.1. The van der Waals surface area contributed by atoms with E-state index >= 15 is 0 Å². The molecule has 21 heavy (non-hydrogen) atoms. The molecule has 0 spiro atoms. The second-order valence-corrected chi connectivity index (χ2v) is 6.42. The van der Waals surface area contributed by atoms with Gasteiger partial charge in [-0.25, -0.2) is 4.98 Å². The van der Waals surface area contributed by atoms with Crippen molar-refractivity contribution < 1.29 is 14.3 Å². The normalized spacial score (nSPS) is 21.4. The quantitative estimate of drug-likeness (QED) is 0.859. The molecule has 116 valence electrons. The maximum Gasteiger partial charge on any atom is 0.272 e. The van der Waals surface area contributed by atoms with Crippen LogP contribution in [0.1, 0.15) is 45.1 Å². The minimum absolute atomic E-state index is 0.0289. The van der Waals surface area contributed by atoms with Crippen LogP contribution in [0.15, 0.2) is 18.3 Å². The molecule has 1 aromatic rings. The molecule has 2 heterocycles. The summed E-state index contributed by atoms with van der Waals surface area (Å²) in [7, 11) is 0. The number of amides is 1. The fraction of sp³-hybridized carbons (Fsp3) is 0.625. The van der Waals surface area contributed by atoms with Crippen LogP contribution in [-0.2, 0) is 4.74 Å². The van der Waals surface area contributed by atoms with Crippen molar-refractivity contribution in [2.75, 3.05) is 13.1 Å². The van der Waals surface area contributed by atoms with E-state index in [-0.39, 0.29) is 23.7 Å². The third-order valence-electron chi connectivity index (χ3n) is 3.18. The first-order valence-electron chi connectivity index (χ1n) is 7.36. The average molecular weight is 292 g/mol. The van der Waals surface area contributed by atoms with Gasteiger partial charge in [0.05, 0.1) is 24.0 Å². The third-order valence-corrected chi connectivity index (χ3v) is 3.18. The van der Waals surface area contributed by atoms with Crippen molar-refractivity contribution in [3.63, 3.8) is 0 Å². The van der Waals surface area contributed by atoms with Gasteiger partial charge in [0.15, 0.2) is 0 Å². The molecular weight excluding hydrogens is 268 g/mol. The molecule has 5 heteroatoms. The first-order valence-corrected chi connectivity index (χ1v) is 7.36. The van der Waals surface area contributed by atoms with E-state index in [0.717, 1.165) is 0 Å². The lowest BCUT2D eigenvalue weighted by molar-refractivity contribution is -0.118. The van der Waals surface area contributed by atoms with E-state index < -0.39 is 0 Å². The standard InChI is InChI=1S/C16H24N2O3/c1-11(2)20-13-6-7-14(17-8-13)15(19)18-9-12(3)21-16(4,5)10-18/h6-8,11-12H,9-10H2,1-5H3. The Morgan fingerprint density at radius 3 is 2.71 bits per heavy atom. The van der Waals surface area contributed by atoms with Crippen LogP contribution in [0, 0.1) is 0 Å². The fourth-order valence-electron chi connectivity index (χ4n) is 2.62. The molecule has 0 saturated carbocycles. The number of hydrogen-bond donors (Lipinski definition) is 0. The topological polar surface area (TPSA) is 51.7 Å². The summed E-state index contributed by atoms with van der Waals surface area (Å²) in [6.07, 6.45) is 1.72. The highest BCUT2D eigenvalue weighted by atomic mass is 16.5. The predicted octanol–water partition coefficient (Wildman–Crippen LogP) is 2.51. The second-order valence-electron chi connectivity index (χ2n) is 6.42. The highest BCUT2D eigenvalue weighted by Gasteiger charge is 2.34. The Morgan fingerprint density at radius 1 is 1.48 bits per heavy atom. The molecule has 1 unspecified atom stereocenters. The Hall–Kier alpha value is -1.62. The average Bonchev–Trinajstić information content (AvgIpc) is 2.35. The molecule has 0 radical (unpaired) electrons. The number of pyridine rings is 1. The Morgan fingerprint density at radius 2 is 2.19 bits per heavy atom. The fourth-order valence-corrected chi connectivity index (χ4v) is 2.62. The SMILES string of the molecule is CC(C)Oc1ccc(C(=O)N2CC(C)OC(C)(C)C2)nc1. The summed E-state index contributed by atoms with van der Waals surface area (Å²) in [6, 6.07) is 3.50. The third kappa shape index (κ3) is 4.17. The van der Waals surface area contributed by atoms with Gasteiger partial charge >= 0.3 is 0 Å². The molecule has 1 saturated heterocycles. The van der Waals surface area contributed by atoms with Crippen LogP contribution in [-0.4, -0.2) is 46.7 Å². The number of nitrogens with zero attached hydrogens (tertiary/aromatic N) is 2. The minimum Gasteiger partial charge on any atom is -0.489 e. The van der Waals surface area contributed by atoms with Crippen LogP contribution in [0.2, 0.25) is 0 Å². The molecule has 5 nitrogen and oxygen atoms in total. The molecule has 0 N–H and O–H groups in total. The molecular formula is C16H24N2O3. The summed E-state index contributed by atoms with van der Waals surface area (Å²) in [5.41, 5.74) is 0.115. The molecule has 1 aliphatic rings. The number of aromatic nitrogens is 1. The molecule has 0 aromatic carbocycles. The zero-order chi connectivity index (χ0) is 15.6. The maximum atomic E-state index is 12.5. The Bertz CT molecular complexity index is 497. The van der Waals surface area contributed by atoms with Crippen molar-refractivity contribution in [3.8, 4) is 5.75 Å². The predicted molar refractivity (Wildman–Crippen MR) is 80.5 cm³/mol. The number of hydrogen-bond acceptors (Lipinski definition) is 4. The first-order chi connectivity index (χ1) is 9.77. The first kappa shape index (κ1) is 15.8. The largest absolute Gasteiger partial charge is 0.489 e. The van der Waals surface area contributed by atoms with E-state index in [2.05, 4.69) is 4.98 Å². The van der Waals surface area contributed by atoms with Gasteiger partial charge in [-0.1, -0.05) is 0 Å².